The summed E-state index contributed by atoms with van der Waals surface area (Å²) < 4.78 is 0. The number of hydrogen-bond donors (Lipinski definition) is 0. The van der Waals surface area contributed by atoms with Crippen molar-refractivity contribution >= 4 is 21.5 Å². The predicted molar refractivity (Wildman–Crippen MR) is 227 cm³/mol. The average molecular weight is 721 g/mol. The number of fused-ring (bicyclic) bond motifs is 2. The summed E-state index contributed by atoms with van der Waals surface area (Å²) >= 11 is 0. The topological polar surface area (TPSA) is 62.5 Å². The van der Waals surface area contributed by atoms with Crippen molar-refractivity contribution in [2.24, 2.45) is 17.8 Å². The van der Waals surface area contributed by atoms with Gasteiger partial charge in [-0.15, -0.1) is 0 Å². The molecule has 268 valence electrons. The third-order valence-electron chi connectivity index (χ3n) is 13.1. The SMILES string of the molecule is N#Cc1ccc2c(-c3cccc(-c4nc(-c5ccc(C67C[C@H]8C[C@H](C6)C[C@@H](C7)C8)cc5)nc(-c5ccc6cccc(-c7ccccc7)c6c5)n4)c3)cccc2c1. The summed E-state index contributed by atoms with van der Waals surface area (Å²) in [5, 5.41) is 14.0. The number of hydrogen-bond acceptors (Lipinski definition) is 4. The number of nitrogens with zero attached hydrogens (tertiary/aromatic N) is 4. The third-order valence-corrected chi connectivity index (χ3v) is 13.1. The van der Waals surface area contributed by atoms with E-state index in [4.69, 9.17) is 15.0 Å². The highest BCUT2D eigenvalue weighted by Gasteiger charge is 2.51. The Hall–Kier alpha value is -6.44. The van der Waals surface area contributed by atoms with E-state index in [2.05, 4.69) is 140 Å². The van der Waals surface area contributed by atoms with E-state index in [0.29, 0.717) is 28.5 Å². The molecule has 1 heterocycles. The first-order chi connectivity index (χ1) is 27.6. The second kappa shape index (κ2) is 13.1. The van der Waals surface area contributed by atoms with Crippen molar-refractivity contribution in [3.63, 3.8) is 0 Å². The molecule has 0 saturated heterocycles. The normalized spacial score (nSPS) is 21.0. The van der Waals surface area contributed by atoms with Gasteiger partial charge in [0.15, 0.2) is 17.5 Å². The molecule has 0 unspecified atom stereocenters. The Labute approximate surface area is 327 Å². The second-order valence-corrected chi connectivity index (χ2v) is 16.6. The lowest BCUT2D eigenvalue weighted by molar-refractivity contribution is -0.00518. The van der Waals surface area contributed by atoms with Gasteiger partial charge < -0.3 is 0 Å². The Bertz CT molecular complexity index is 2810. The fourth-order valence-electron chi connectivity index (χ4n) is 10.9. The van der Waals surface area contributed by atoms with E-state index in [1.165, 1.54) is 60.6 Å². The largest absolute Gasteiger partial charge is 0.208 e. The molecule has 4 bridgehead atoms. The van der Waals surface area contributed by atoms with Crippen molar-refractivity contribution in [3.8, 4) is 62.5 Å². The van der Waals surface area contributed by atoms with E-state index in [1.807, 2.05) is 18.2 Å². The number of benzene rings is 7. The van der Waals surface area contributed by atoms with Crippen LogP contribution >= 0.6 is 0 Å². The Morgan fingerprint density at radius 3 is 1.71 bits per heavy atom. The molecule has 4 saturated carbocycles. The molecule has 4 nitrogen and oxygen atoms in total. The number of aromatic nitrogens is 3. The molecular weight excluding hydrogens is 681 g/mol. The molecule has 12 rings (SSSR count). The van der Waals surface area contributed by atoms with Gasteiger partial charge in [-0.2, -0.15) is 5.26 Å². The van der Waals surface area contributed by atoms with Crippen LogP contribution in [0.4, 0.5) is 0 Å². The molecule has 1 aromatic heterocycles. The van der Waals surface area contributed by atoms with E-state index < -0.39 is 0 Å². The quantitative estimate of drug-likeness (QED) is 0.172. The van der Waals surface area contributed by atoms with Gasteiger partial charge in [0.1, 0.15) is 0 Å². The summed E-state index contributed by atoms with van der Waals surface area (Å²) in [5.41, 5.74) is 9.92. The van der Waals surface area contributed by atoms with E-state index in [0.717, 1.165) is 61.7 Å². The molecule has 0 N–H and O–H groups in total. The van der Waals surface area contributed by atoms with E-state index in [9.17, 15) is 5.26 Å². The zero-order valence-electron chi connectivity index (χ0n) is 31.2. The lowest BCUT2D eigenvalue weighted by Gasteiger charge is -2.57. The van der Waals surface area contributed by atoms with Gasteiger partial charge in [0, 0.05) is 16.7 Å². The van der Waals surface area contributed by atoms with Crippen molar-refractivity contribution in [2.45, 2.75) is 43.9 Å². The van der Waals surface area contributed by atoms with Gasteiger partial charge in [0.05, 0.1) is 11.6 Å². The molecule has 56 heavy (non-hydrogen) atoms. The standard InChI is InChI=1S/C52H40N4/c53-32-33-15-22-47-40(26-33)11-6-14-46(47)41-10-4-12-42(27-41)50-54-49(39-18-20-44(21-19-39)52-29-34-23-35(30-52)25-36(24-34)31-52)55-51(56-50)43-17-16-38-9-5-13-45(48(38)28-43)37-7-2-1-3-8-37/h1-22,26-28,34-36H,23-25,29-31H2/t34-,35-,36-,52?. The number of nitriles is 1. The Balaban J connectivity index is 1.04. The molecule has 0 amide bonds. The van der Waals surface area contributed by atoms with Gasteiger partial charge in [-0.25, -0.2) is 15.0 Å². The minimum Gasteiger partial charge on any atom is -0.208 e. The maximum absolute atomic E-state index is 9.52. The molecule has 4 aliphatic carbocycles. The zero-order valence-corrected chi connectivity index (χ0v) is 31.2. The van der Waals surface area contributed by atoms with Crippen LogP contribution in [0.25, 0.3) is 78.0 Å². The van der Waals surface area contributed by atoms with Crippen LogP contribution in [0.2, 0.25) is 0 Å². The molecule has 0 aliphatic heterocycles. The summed E-state index contributed by atoms with van der Waals surface area (Å²) in [4.78, 5) is 15.6. The predicted octanol–water partition coefficient (Wildman–Crippen LogP) is 12.9. The van der Waals surface area contributed by atoms with Crippen LogP contribution in [-0.4, -0.2) is 15.0 Å². The van der Waals surface area contributed by atoms with Gasteiger partial charge in [0.2, 0.25) is 0 Å². The van der Waals surface area contributed by atoms with Gasteiger partial charge in [-0.05, 0) is 135 Å². The fourth-order valence-corrected chi connectivity index (χ4v) is 10.9. The molecular formula is C52H40N4. The molecule has 0 atom stereocenters. The molecule has 0 spiro atoms. The Kier molecular flexibility index (Phi) is 7.71. The van der Waals surface area contributed by atoms with Gasteiger partial charge >= 0.3 is 0 Å². The maximum Gasteiger partial charge on any atom is 0.164 e. The number of rotatable bonds is 6. The van der Waals surface area contributed by atoms with Crippen LogP contribution < -0.4 is 0 Å². The van der Waals surface area contributed by atoms with Gasteiger partial charge in [0.25, 0.3) is 0 Å². The first kappa shape index (κ1) is 32.9. The van der Waals surface area contributed by atoms with E-state index in [1.54, 1.807) is 0 Å². The lowest BCUT2D eigenvalue weighted by atomic mass is 9.48. The van der Waals surface area contributed by atoms with Gasteiger partial charge in [-0.3, -0.25) is 0 Å². The van der Waals surface area contributed by atoms with E-state index >= 15 is 0 Å². The molecule has 0 radical (unpaired) electrons. The Morgan fingerprint density at radius 2 is 1.02 bits per heavy atom. The first-order valence-corrected chi connectivity index (χ1v) is 20.1. The average Bonchev–Trinajstić information content (AvgIpc) is 3.25. The minimum absolute atomic E-state index is 0.336. The maximum atomic E-state index is 9.52. The highest BCUT2D eigenvalue weighted by atomic mass is 15.0. The molecule has 4 heteroatoms. The molecule has 8 aromatic rings. The minimum atomic E-state index is 0.336. The van der Waals surface area contributed by atoms with Gasteiger partial charge in [-0.1, -0.05) is 127 Å². The van der Waals surface area contributed by atoms with Crippen LogP contribution in [0.15, 0.2) is 152 Å². The van der Waals surface area contributed by atoms with Crippen LogP contribution in [0.1, 0.15) is 49.7 Å². The van der Waals surface area contributed by atoms with E-state index in [-0.39, 0.29) is 0 Å². The third kappa shape index (κ3) is 5.69. The van der Waals surface area contributed by atoms with Crippen molar-refractivity contribution in [1.29, 1.82) is 5.26 Å². The highest BCUT2D eigenvalue weighted by Crippen LogP contribution is 2.60. The van der Waals surface area contributed by atoms with Crippen molar-refractivity contribution in [2.75, 3.05) is 0 Å². The first-order valence-electron chi connectivity index (χ1n) is 20.1. The molecule has 4 aliphatic rings. The van der Waals surface area contributed by atoms with Crippen LogP contribution in [0, 0.1) is 29.1 Å². The Morgan fingerprint density at radius 1 is 0.446 bits per heavy atom. The summed E-state index contributed by atoms with van der Waals surface area (Å²) in [6, 6.07) is 55.8. The van der Waals surface area contributed by atoms with Crippen LogP contribution in [-0.2, 0) is 5.41 Å². The second-order valence-electron chi connectivity index (χ2n) is 16.6. The summed E-state index contributed by atoms with van der Waals surface area (Å²) in [7, 11) is 0. The van der Waals surface area contributed by atoms with Crippen LogP contribution in [0.3, 0.4) is 0 Å². The van der Waals surface area contributed by atoms with Crippen molar-refractivity contribution < 1.29 is 0 Å². The summed E-state index contributed by atoms with van der Waals surface area (Å²) in [6.07, 6.45) is 8.37. The summed E-state index contributed by atoms with van der Waals surface area (Å²) in [6.45, 7) is 0. The fraction of sp³-hybridized carbons (Fsp3) is 0.192. The highest BCUT2D eigenvalue weighted by molar-refractivity contribution is 5.99. The monoisotopic (exact) mass is 720 g/mol. The molecule has 4 fully saturated rings. The van der Waals surface area contributed by atoms with Crippen molar-refractivity contribution in [3.05, 3.63) is 163 Å². The smallest absolute Gasteiger partial charge is 0.164 e. The zero-order chi connectivity index (χ0) is 37.2. The molecule has 7 aromatic carbocycles. The van der Waals surface area contributed by atoms with Crippen LogP contribution in [0.5, 0.6) is 0 Å². The summed E-state index contributed by atoms with van der Waals surface area (Å²) in [5.74, 6) is 4.67. The lowest BCUT2D eigenvalue weighted by Crippen LogP contribution is -2.48. The van der Waals surface area contributed by atoms with Crippen molar-refractivity contribution in [1.82, 2.24) is 15.0 Å².